The molecule has 0 aromatic carbocycles. The van der Waals surface area contributed by atoms with Gasteiger partial charge in [0.25, 0.3) is 5.91 Å². The van der Waals surface area contributed by atoms with Gasteiger partial charge in [-0.3, -0.25) is 4.79 Å². The van der Waals surface area contributed by atoms with Crippen molar-refractivity contribution in [1.29, 1.82) is 0 Å². The summed E-state index contributed by atoms with van der Waals surface area (Å²) in [7, 11) is 1.71. The van der Waals surface area contributed by atoms with Crippen LogP contribution in [0.3, 0.4) is 0 Å². The fourth-order valence-corrected chi connectivity index (χ4v) is 1.81. The van der Waals surface area contributed by atoms with Crippen LogP contribution in [-0.4, -0.2) is 38.6 Å². The minimum atomic E-state index is -0.513. The summed E-state index contributed by atoms with van der Waals surface area (Å²) < 4.78 is 1.27. The molecule has 0 unspecified atom stereocenters. The molecule has 1 aliphatic rings. The Hall–Kier alpha value is -1.92. The van der Waals surface area contributed by atoms with Crippen molar-refractivity contribution >= 4 is 11.7 Å². The van der Waals surface area contributed by atoms with Crippen LogP contribution in [0, 0.1) is 10.1 Å². The van der Waals surface area contributed by atoms with Crippen LogP contribution in [0.15, 0.2) is 6.07 Å². The van der Waals surface area contributed by atoms with Crippen LogP contribution >= 0.6 is 0 Å². The summed E-state index contributed by atoms with van der Waals surface area (Å²) in [6.07, 6.45) is 1.99. The quantitative estimate of drug-likeness (QED) is 0.602. The van der Waals surface area contributed by atoms with Gasteiger partial charge in [-0.15, -0.1) is 4.68 Å². The van der Waals surface area contributed by atoms with Gasteiger partial charge in [0.05, 0.1) is 6.07 Å². The van der Waals surface area contributed by atoms with E-state index in [4.69, 9.17) is 0 Å². The van der Waals surface area contributed by atoms with E-state index in [0.29, 0.717) is 0 Å². The van der Waals surface area contributed by atoms with Gasteiger partial charge in [0.2, 0.25) is 0 Å². The molecule has 0 spiro atoms. The van der Waals surface area contributed by atoms with Crippen LogP contribution in [0.4, 0.5) is 5.82 Å². The Morgan fingerprint density at radius 1 is 1.61 bits per heavy atom. The highest BCUT2D eigenvalue weighted by Crippen LogP contribution is 2.27. The molecule has 0 radical (unpaired) electrons. The van der Waals surface area contributed by atoms with Gasteiger partial charge in [-0.05, 0) is 31.6 Å². The largest absolute Gasteiger partial charge is 0.358 e. The molecule has 0 atom stereocenters. The Bertz CT molecular complexity index is 490. The molecule has 7 heteroatoms. The fraction of sp³-hybridized carbons (Fsp3) is 0.636. The Balaban J connectivity index is 2.31. The molecule has 0 N–H and O–H groups in total. The average molecular weight is 252 g/mol. The predicted molar refractivity (Wildman–Crippen MR) is 64.4 cm³/mol. The van der Waals surface area contributed by atoms with Crippen molar-refractivity contribution in [1.82, 2.24) is 14.7 Å². The van der Waals surface area contributed by atoms with Crippen LogP contribution in [0.2, 0.25) is 0 Å². The lowest BCUT2D eigenvalue weighted by Crippen LogP contribution is -2.29. The topological polar surface area (TPSA) is 81.3 Å². The maximum absolute atomic E-state index is 12.1. The first-order chi connectivity index (χ1) is 8.41. The van der Waals surface area contributed by atoms with Crippen molar-refractivity contribution in [3.63, 3.8) is 0 Å². The van der Waals surface area contributed by atoms with Gasteiger partial charge in [0, 0.05) is 13.1 Å². The van der Waals surface area contributed by atoms with Crippen LogP contribution < -0.4 is 0 Å². The molecule has 98 valence electrons. The molecular formula is C11H16N4O3. The third-order valence-corrected chi connectivity index (χ3v) is 3.03. The maximum atomic E-state index is 12.1. The number of carbonyl (C=O) groups is 1. The number of hydrogen-bond acceptors (Lipinski definition) is 4. The van der Waals surface area contributed by atoms with E-state index in [2.05, 4.69) is 5.10 Å². The molecule has 0 saturated heterocycles. The first-order valence-electron chi connectivity index (χ1n) is 5.93. The molecule has 1 amide bonds. The third-order valence-electron chi connectivity index (χ3n) is 3.03. The number of nitrogens with zero attached hydrogens (tertiary/aromatic N) is 4. The van der Waals surface area contributed by atoms with Crippen molar-refractivity contribution in [2.75, 3.05) is 7.05 Å². The molecule has 2 rings (SSSR count). The standard InChI is InChI=1S/C11H16N4O3/c1-7(2)14-10(15(17)18)6-9(12-14)11(16)13(3)8-4-5-8/h6-8H,4-5H2,1-3H3. The van der Waals surface area contributed by atoms with Crippen molar-refractivity contribution in [3.8, 4) is 0 Å². The first-order valence-corrected chi connectivity index (χ1v) is 5.93. The van der Waals surface area contributed by atoms with E-state index in [0.717, 1.165) is 12.8 Å². The summed E-state index contributed by atoms with van der Waals surface area (Å²) in [6.45, 7) is 3.58. The van der Waals surface area contributed by atoms with E-state index < -0.39 is 4.92 Å². The minimum Gasteiger partial charge on any atom is -0.358 e. The molecule has 7 nitrogen and oxygen atoms in total. The molecule has 1 aliphatic carbocycles. The number of amides is 1. The molecule has 1 fully saturated rings. The Morgan fingerprint density at radius 3 is 2.61 bits per heavy atom. The van der Waals surface area contributed by atoms with Gasteiger partial charge in [0.1, 0.15) is 6.04 Å². The monoisotopic (exact) mass is 252 g/mol. The SMILES string of the molecule is CC(C)n1nc(C(=O)N(C)C2CC2)cc1[N+](=O)[O-]. The van der Waals surface area contributed by atoms with Crippen molar-refractivity contribution in [3.05, 3.63) is 21.9 Å². The molecule has 1 aromatic heterocycles. The summed E-state index contributed by atoms with van der Waals surface area (Å²) in [4.78, 5) is 24.1. The fourth-order valence-electron chi connectivity index (χ4n) is 1.81. The summed E-state index contributed by atoms with van der Waals surface area (Å²) >= 11 is 0. The van der Waals surface area contributed by atoms with Gasteiger partial charge in [0.15, 0.2) is 5.69 Å². The van der Waals surface area contributed by atoms with Gasteiger partial charge in [-0.25, -0.2) is 0 Å². The van der Waals surface area contributed by atoms with Crippen LogP contribution in [0.1, 0.15) is 43.2 Å². The summed E-state index contributed by atoms with van der Waals surface area (Å²) in [5, 5.41) is 14.9. The van der Waals surface area contributed by atoms with Gasteiger partial charge < -0.3 is 15.0 Å². The zero-order valence-electron chi connectivity index (χ0n) is 10.7. The van der Waals surface area contributed by atoms with Gasteiger partial charge in [-0.1, -0.05) is 5.10 Å². The van der Waals surface area contributed by atoms with Gasteiger partial charge in [-0.2, -0.15) is 0 Å². The van der Waals surface area contributed by atoms with Crippen molar-refractivity contribution < 1.29 is 9.72 Å². The summed E-state index contributed by atoms with van der Waals surface area (Å²) in [6, 6.07) is 1.36. The minimum absolute atomic E-state index is 0.141. The molecule has 1 aromatic rings. The normalized spacial score (nSPS) is 14.9. The second-order valence-corrected chi connectivity index (χ2v) is 4.83. The lowest BCUT2D eigenvalue weighted by atomic mass is 10.3. The van der Waals surface area contributed by atoms with Crippen molar-refractivity contribution in [2.45, 2.75) is 38.8 Å². The molecule has 1 saturated carbocycles. The zero-order chi connectivity index (χ0) is 13.4. The average Bonchev–Trinajstić information content (AvgIpc) is 3.04. The number of aromatic nitrogens is 2. The van der Waals surface area contributed by atoms with E-state index in [-0.39, 0.29) is 29.5 Å². The number of hydrogen-bond donors (Lipinski definition) is 0. The highest BCUT2D eigenvalue weighted by Gasteiger charge is 2.33. The van der Waals surface area contributed by atoms with Crippen LogP contribution in [0.5, 0.6) is 0 Å². The van der Waals surface area contributed by atoms with E-state index >= 15 is 0 Å². The second-order valence-electron chi connectivity index (χ2n) is 4.83. The number of carbonyl (C=O) groups excluding carboxylic acids is 1. The van der Waals surface area contributed by atoms with Crippen molar-refractivity contribution in [2.24, 2.45) is 0 Å². The van der Waals surface area contributed by atoms with Gasteiger partial charge >= 0.3 is 5.82 Å². The molecular weight excluding hydrogens is 236 g/mol. The first kappa shape index (κ1) is 12.5. The molecule has 0 aliphatic heterocycles. The number of rotatable bonds is 4. The maximum Gasteiger partial charge on any atom is 0.345 e. The lowest BCUT2D eigenvalue weighted by Gasteiger charge is -2.13. The highest BCUT2D eigenvalue weighted by molar-refractivity contribution is 5.93. The summed E-state index contributed by atoms with van der Waals surface area (Å²) in [5.41, 5.74) is 0.143. The smallest absolute Gasteiger partial charge is 0.345 e. The second kappa shape index (κ2) is 4.40. The van der Waals surface area contributed by atoms with E-state index in [9.17, 15) is 14.9 Å². The van der Waals surface area contributed by atoms with E-state index in [1.807, 2.05) is 0 Å². The zero-order valence-corrected chi connectivity index (χ0v) is 10.7. The van der Waals surface area contributed by atoms with Crippen LogP contribution in [-0.2, 0) is 0 Å². The third kappa shape index (κ3) is 2.20. The number of nitro groups is 1. The Kier molecular flexibility index (Phi) is 3.06. The predicted octanol–water partition coefficient (Wildman–Crippen LogP) is 1.61. The van der Waals surface area contributed by atoms with Crippen LogP contribution in [0.25, 0.3) is 0 Å². The van der Waals surface area contributed by atoms with E-state index in [1.54, 1.807) is 25.8 Å². The highest BCUT2D eigenvalue weighted by atomic mass is 16.6. The van der Waals surface area contributed by atoms with E-state index in [1.165, 1.54) is 10.7 Å². The lowest BCUT2D eigenvalue weighted by molar-refractivity contribution is -0.393. The molecule has 0 bridgehead atoms. The Morgan fingerprint density at radius 2 is 2.22 bits per heavy atom. The molecule has 18 heavy (non-hydrogen) atoms. The molecule has 1 heterocycles. The Labute approximate surface area is 105 Å². The summed E-state index contributed by atoms with van der Waals surface area (Å²) in [5.74, 6) is -0.391.